The highest BCUT2D eigenvalue weighted by molar-refractivity contribution is 14.1. The molecule has 1 N–H and O–H groups in total. The van der Waals surface area contributed by atoms with Gasteiger partial charge in [-0.2, -0.15) is 0 Å². The zero-order valence-electron chi connectivity index (χ0n) is 12.6. The molecule has 0 atom stereocenters. The summed E-state index contributed by atoms with van der Waals surface area (Å²) >= 11 is 2.21. The summed E-state index contributed by atoms with van der Waals surface area (Å²) in [7, 11) is 0. The van der Waals surface area contributed by atoms with Crippen LogP contribution in [0.2, 0.25) is 0 Å². The molecule has 1 aliphatic carbocycles. The summed E-state index contributed by atoms with van der Waals surface area (Å²) in [5, 5.41) is 2.95. The zero-order valence-corrected chi connectivity index (χ0v) is 14.8. The van der Waals surface area contributed by atoms with Crippen molar-refractivity contribution in [2.75, 3.05) is 5.32 Å². The smallest absolute Gasteiger partial charge is 0.256 e. The van der Waals surface area contributed by atoms with Crippen LogP contribution in [0.5, 0.6) is 0 Å². The molecule has 0 aliphatic heterocycles. The van der Waals surface area contributed by atoms with E-state index in [4.69, 9.17) is 4.42 Å². The molecule has 4 rings (SSSR count). The highest BCUT2D eigenvalue weighted by Crippen LogP contribution is 2.40. The molecule has 0 radical (unpaired) electrons. The van der Waals surface area contributed by atoms with Gasteiger partial charge in [-0.25, -0.2) is 4.98 Å². The summed E-state index contributed by atoms with van der Waals surface area (Å²) in [5.74, 6) is 1.19. The molecular weight excluding hydrogens is 403 g/mol. The second-order valence-electron chi connectivity index (χ2n) is 5.90. The predicted octanol–water partition coefficient (Wildman–Crippen LogP) is 4.87. The number of fused-ring (bicyclic) bond motifs is 1. The van der Waals surface area contributed by atoms with Crippen LogP contribution in [-0.2, 0) is 0 Å². The number of anilines is 1. The molecule has 2 aromatic carbocycles. The lowest BCUT2D eigenvalue weighted by Crippen LogP contribution is -2.13. The quantitative estimate of drug-likeness (QED) is 0.618. The predicted molar refractivity (Wildman–Crippen MR) is 97.8 cm³/mol. The van der Waals surface area contributed by atoms with Gasteiger partial charge in [0.2, 0.25) is 0 Å². The summed E-state index contributed by atoms with van der Waals surface area (Å²) in [6.07, 6.45) is 2.31. The largest absolute Gasteiger partial charge is 0.440 e. The summed E-state index contributed by atoms with van der Waals surface area (Å²) in [4.78, 5) is 17.0. The molecular formula is C18H15IN2O2. The molecule has 1 heterocycles. The lowest BCUT2D eigenvalue weighted by atomic mass is 10.1. The Morgan fingerprint density at radius 3 is 2.91 bits per heavy atom. The molecule has 0 unspecified atom stereocenters. The molecule has 4 nitrogen and oxygen atoms in total. The SMILES string of the molecule is Cc1cccc(C(=O)Nc2ccc3oc(C4CC4)nc3c2)c1I. The van der Waals surface area contributed by atoms with E-state index in [0.717, 1.165) is 44.7 Å². The van der Waals surface area contributed by atoms with Crippen LogP contribution in [0.1, 0.15) is 40.6 Å². The van der Waals surface area contributed by atoms with E-state index < -0.39 is 0 Å². The van der Waals surface area contributed by atoms with Crippen molar-refractivity contribution in [2.24, 2.45) is 0 Å². The number of amides is 1. The van der Waals surface area contributed by atoms with Gasteiger partial charge < -0.3 is 9.73 Å². The fraction of sp³-hybridized carbons (Fsp3) is 0.222. The molecule has 0 spiro atoms. The van der Waals surface area contributed by atoms with E-state index in [1.165, 1.54) is 0 Å². The molecule has 1 aromatic heterocycles. The molecule has 23 heavy (non-hydrogen) atoms. The summed E-state index contributed by atoms with van der Waals surface area (Å²) in [6, 6.07) is 11.3. The van der Waals surface area contributed by atoms with Crippen molar-refractivity contribution in [1.82, 2.24) is 4.98 Å². The Hall–Kier alpha value is -1.89. The highest BCUT2D eigenvalue weighted by atomic mass is 127. The van der Waals surface area contributed by atoms with Crippen LogP contribution < -0.4 is 5.32 Å². The molecule has 1 fully saturated rings. The molecule has 1 aliphatic rings. The minimum Gasteiger partial charge on any atom is -0.440 e. The van der Waals surface area contributed by atoms with E-state index in [1.807, 2.05) is 43.3 Å². The number of hydrogen-bond acceptors (Lipinski definition) is 3. The van der Waals surface area contributed by atoms with Crippen molar-refractivity contribution >= 4 is 45.3 Å². The first-order chi connectivity index (χ1) is 11.1. The van der Waals surface area contributed by atoms with Crippen LogP contribution in [0.25, 0.3) is 11.1 Å². The summed E-state index contributed by atoms with van der Waals surface area (Å²) in [5.41, 5.74) is 4.08. The number of aromatic nitrogens is 1. The number of aryl methyl sites for hydroxylation is 1. The second-order valence-corrected chi connectivity index (χ2v) is 6.98. The monoisotopic (exact) mass is 418 g/mol. The van der Waals surface area contributed by atoms with Gasteiger partial charge in [0.05, 0.1) is 5.56 Å². The first-order valence-electron chi connectivity index (χ1n) is 7.59. The number of benzene rings is 2. The topological polar surface area (TPSA) is 55.1 Å². The zero-order chi connectivity index (χ0) is 16.0. The number of hydrogen-bond donors (Lipinski definition) is 1. The van der Waals surface area contributed by atoms with E-state index in [-0.39, 0.29) is 5.91 Å². The first-order valence-corrected chi connectivity index (χ1v) is 8.66. The average molecular weight is 418 g/mol. The first kappa shape index (κ1) is 14.7. The van der Waals surface area contributed by atoms with E-state index in [1.54, 1.807) is 0 Å². The van der Waals surface area contributed by atoms with Crippen LogP contribution in [0.4, 0.5) is 5.69 Å². The van der Waals surface area contributed by atoms with Crippen molar-refractivity contribution in [2.45, 2.75) is 25.7 Å². The van der Waals surface area contributed by atoms with E-state index in [0.29, 0.717) is 11.5 Å². The van der Waals surface area contributed by atoms with Crippen molar-refractivity contribution in [3.05, 3.63) is 57.0 Å². The number of rotatable bonds is 3. The van der Waals surface area contributed by atoms with Crippen molar-refractivity contribution in [1.29, 1.82) is 0 Å². The average Bonchev–Trinajstić information content (AvgIpc) is 3.30. The Labute approximate surface area is 147 Å². The number of carbonyl (C=O) groups is 1. The van der Waals surface area contributed by atoms with Gasteiger partial charge in [0.15, 0.2) is 11.5 Å². The minimum absolute atomic E-state index is 0.108. The number of oxazole rings is 1. The van der Waals surface area contributed by atoms with Gasteiger partial charge in [-0.15, -0.1) is 0 Å². The third-order valence-corrected chi connectivity index (χ3v) is 5.46. The third kappa shape index (κ3) is 2.85. The molecule has 3 aromatic rings. The normalized spacial score (nSPS) is 14.2. The summed E-state index contributed by atoms with van der Waals surface area (Å²) in [6.45, 7) is 2.00. The maximum Gasteiger partial charge on any atom is 0.256 e. The van der Waals surface area contributed by atoms with Crippen molar-refractivity contribution in [3.63, 3.8) is 0 Å². The Morgan fingerprint density at radius 1 is 1.30 bits per heavy atom. The maximum atomic E-state index is 12.5. The van der Waals surface area contributed by atoms with Crippen LogP contribution in [0.15, 0.2) is 40.8 Å². The van der Waals surface area contributed by atoms with E-state index in [2.05, 4.69) is 32.9 Å². The summed E-state index contributed by atoms with van der Waals surface area (Å²) < 4.78 is 6.72. The Balaban J connectivity index is 1.61. The highest BCUT2D eigenvalue weighted by Gasteiger charge is 2.28. The number of carbonyl (C=O) groups excluding carboxylic acids is 1. The lowest BCUT2D eigenvalue weighted by molar-refractivity contribution is 0.102. The van der Waals surface area contributed by atoms with Gasteiger partial charge in [-0.05, 0) is 72.2 Å². The molecule has 116 valence electrons. The minimum atomic E-state index is -0.108. The van der Waals surface area contributed by atoms with E-state index in [9.17, 15) is 4.79 Å². The van der Waals surface area contributed by atoms with Gasteiger partial charge >= 0.3 is 0 Å². The van der Waals surface area contributed by atoms with Crippen molar-refractivity contribution < 1.29 is 9.21 Å². The molecule has 0 saturated heterocycles. The van der Waals surface area contributed by atoms with Gasteiger partial charge in [0.1, 0.15) is 5.52 Å². The van der Waals surface area contributed by atoms with Gasteiger partial charge in [0.25, 0.3) is 5.91 Å². The molecule has 0 bridgehead atoms. The Morgan fingerprint density at radius 2 is 2.13 bits per heavy atom. The van der Waals surface area contributed by atoms with Crippen molar-refractivity contribution in [3.8, 4) is 0 Å². The van der Waals surface area contributed by atoms with Crippen LogP contribution >= 0.6 is 22.6 Å². The van der Waals surface area contributed by atoms with Crippen LogP contribution in [-0.4, -0.2) is 10.9 Å². The molecule has 5 heteroatoms. The van der Waals surface area contributed by atoms with Crippen LogP contribution in [0.3, 0.4) is 0 Å². The standard InChI is InChI=1S/C18H15IN2O2/c1-10-3-2-4-13(16(10)19)17(22)20-12-7-8-15-14(9-12)21-18(23-15)11-5-6-11/h2-4,7-9,11H,5-6H2,1H3,(H,20,22). The molecule has 1 amide bonds. The van der Waals surface area contributed by atoms with Gasteiger partial charge in [-0.1, -0.05) is 12.1 Å². The van der Waals surface area contributed by atoms with Gasteiger partial charge in [0, 0.05) is 15.2 Å². The maximum absolute atomic E-state index is 12.5. The fourth-order valence-corrected chi connectivity index (χ4v) is 3.15. The lowest BCUT2D eigenvalue weighted by Gasteiger charge is -2.08. The third-order valence-electron chi connectivity index (χ3n) is 4.02. The second kappa shape index (κ2) is 5.63. The number of halogens is 1. The Bertz CT molecular complexity index is 913. The molecule has 1 saturated carbocycles. The van der Waals surface area contributed by atoms with E-state index >= 15 is 0 Å². The number of nitrogens with zero attached hydrogens (tertiary/aromatic N) is 1. The van der Waals surface area contributed by atoms with Gasteiger partial charge in [-0.3, -0.25) is 4.79 Å². The number of nitrogens with one attached hydrogen (secondary N) is 1. The fourth-order valence-electron chi connectivity index (χ4n) is 2.55. The Kier molecular flexibility index (Phi) is 3.60. The van der Waals surface area contributed by atoms with Crippen LogP contribution in [0, 0.1) is 10.5 Å².